The highest BCUT2D eigenvalue weighted by molar-refractivity contribution is 7.90. The summed E-state index contributed by atoms with van der Waals surface area (Å²) in [4.78, 5) is 0.691. The van der Waals surface area contributed by atoms with Crippen LogP contribution in [0.1, 0.15) is 11.3 Å². The summed E-state index contributed by atoms with van der Waals surface area (Å²) in [6, 6.07) is 7.31. The standard InChI is InChI=1S/C14H17NO4S2/c16-8-13-14(11-3-1-2-4-12(11)20-13)21(17,18)15-7-10-5-6-19-9-10/h1-4,10,15-16H,5-9H2. The first kappa shape index (κ1) is 14.9. The largest absolute Gasteiger partial charge is 0.391 e. The highest BCUT2D eigenvalue weighted by atomic mass is 32.2. The van der Waals surface area contributed by atoms with Gasteiger partial charge in [0.15, 0.2) is 0 Å². The second-order valence-electron chi connectivity index (χ2n) is 5.09. The van der Waals surface area contributed by atoms with Gasteiger partial charge in [0.1, 0.15) is 4.90 Å². The van der Waals surface area contributed by atoms with Gasteiger partial charge in [0.05, 0.1) is 18.1 Å². The molecule has 1 saturated heterocycles. The van der Waals surface area contributed by atoms with Crippen LogP contribution >= 0.6 is 11.3 Å². The second-order valence-corrected chi connectivity index (χ2v) is 7.93. The lowest BCUT2D eigenvalue weighted by molar-refractivity contribution is 0.186. The van der Waals surface area contributed by atoms with Gasteiger partial charge >= 0.3 is 0 Å². The van der Waals surface area contributed by atoms with Crippen molar-refractivity contribution in [1.29, 1.82) is 0 Å². The number of aliphatic hydroxyl groups excluding tert-OH is 1. The van der Waals surface area contributed by atoms with Crippen molar-refractivity contribution in [3.8, 4) is 0 Å². The lowest BCUT2D eigenvalue weighted by atomic mass is 10.1. The smallest absolute Gasteiger partial charge is 0.242 e. The Hall–Kier alpha value is -0.990. The lowest BCUT2D eigenvalue weighted by Crippen LogP contribution is -2.30. The van der Waals surface area contributed by atoms with E-state index in [-0.39, 0.29) is 17.4 Å². The van der Waals surface area contributed by atoms with E-state index in [1.807, 2.05) is 12.1 Å². The number of rotatable bonds is 5. The van der Waals surface area contributed by atoms with Crippen LogP contribution in [0, 0.1) is 5.92 Å². The number of thiophene rings is 1. The summed E-state index contributed by atoms with van der Waals surface area (Å²) in [5.41, 5.74) is 0. The molecule has 0 spiro atoms. The van der Waals surface area contributed by atoms with Crippen LogP contribution < -0.4 is 4.72 Å². The van der Waals surface area contributed by atoms with Crippen molar-refractivity contribution < 1.29 is 18.3 Å². The van der Waals surface area contributed by atoms with Gasteiger partial charge < -0.3 is 9.84 Å². The van der Waals surface area contributed by atoms with Crippen LogP contribution in [0.5, 0.6) is 0 Å². The Morgan fingerprint density at radius 2 is 2.19 bits per heavy atom. The molecule has 3 rings (SSSR count). The van der Waals surface area contributed by atoms with Crippen molar-refractivity contribution in [2.75, 3.05) is 19.8 Å². The summed E-state index contributed by atoms with van der Waals surface area (Å²) in [5.74, 6) is 0.224. The van der Waals surface area contributed by atoms with E-state index in [4.69, 9.17) is 4.74 Å². The van der Waals surface area contributed by atoms with Crippen LogP contribution in [0.4, 0.5) is 0 Å². The molecule has 5 nitrogen and oxygen atoms in total. The number of hydrogen-bond donors (Lipinski definition) is 2. The van der Waals surface area contributed by atoms with Crippen LogP contribution in [-0.4, -0.2) is 33.3 Å². The first-order valence-corrected chi connectivity index (χ1v) is 9.10. The van der Waals surface area contributed by atoms with E-state index in [2.05, 4.69) is 4.72 Å². The van der Waals surface area contributed by atoms with E-state index in [1.54, 1.807) is 12.1 Å². The molecule has 1 unspecified atom stereocenters. The lowest BCUT2D eigenvalue weighted by Gasteiger charge is -2.11. The third-order valence-corrected chi connectivity index (χ3v) is 6.45. The van der Waals surface area contributed by atoms with E-state index in [0.717, 1.165) is 11.1 Å². The topological polar surface area (TPSA) is 75.6 Å². The quantitative estimate of drug-likeness (QED) is 0.876. The highest BCUT2D eigenvalue weighted by Gasteiger charge is 2.25. The van der Waals surface area contributed by atoms with Gasteiger partial charge in [0.25, 0.3) is 0 Å². The highest BCUT2D eigenvalue weighted by Crippen LogP contribution is 2.34. The molecule has 0 radical (unpaired) electrons. The fourth-order valence-corrected chi connectivity index (χ4v) is 5.42. The molecule has 1 aromatic carbocycles. The molecule has 1 atom stereocenters. The van der Waals surface area contributed by atoms with E-state index in [0.29, 0.717) is 30.0 Å². The van der Waals surface area contributed by atoms with Gasteiger partial charge in [-0.05, 0) is 18.4 Å². The molecule has 2 heterocycles. The maximum absolute atomic E-state index is 12.6. The summed E-state index contributed by atoms with van der Waals surface area (Å²) in [7, 11) is -3.63. The molecule has 0 amide bonds. The number of nitrogens with one attached hydrogen (secondary N) is 1. The minimum atomic E-state index is -3.63. The molecular formula is C14H17NO4S2. The van der Waals surface area contributed by atoms with Crippen LogP contribution in [0.2, 0.25) is 0 Å². The van der Waals surface area contributed by atoms with Crippen molar-refractivity contribution >= 4 is 31.4 Å². The first-order valence-electron chi connectivity index (χ1n) is 6.80. The third-order valence-electron chi connectivity index (χ3n) is 3.62. The van der Waals surface area contributed by atoms with Gasteiger partial charge in [-0.3, -0.25) is 0 Å². The Morgan fingerprint density at radius 1 is 1.38 bits per heavy atom. The van der Waals surface area contributed by atoms with Crippen LogP contribution in [0.25, 0.3) is 10.1 Å². The maximum Gasteiger partial charge on any atom is 0.242 e. The Morgan fingerprint density at radius 3 is 2.90 bits per heavy atom. The molecule has 1 aliphatic rings. The molecule has 1 fully saturated rings. The van der Waals surface area contributed by atoms with E-state index in [9.17, 15) is 13.5 Å². The Bertz CT molecular complexity index is 733. The average Bonchev–Trinajstić information content (AvgIpc) is 3.12. The molecule has 114 valence electrons. The number of sulfonamides is 1. The van der Waals surface area contributed by atoms with Crippen LogP contribution in [-0.2, 0) is 21.4 Å². The molecule has 0 bridgehead atoms. The molecule has 0 aliphatic carbocycles. The van der Waals surface area contributed by atoms with E-state index >= 15 is 0 Å². The zero-order chi connectivity index (χ0) is 14.9. The minimum absolute atomic E-state index is 0.213. The molecule has 1 aromatic heterocycles. The molecule has 1 aliphatic heterocycles. The fraction of sp³-hybridized carbons (Fsp3) is 0.429. The fourth-order valence-electron chi connectivity index (χ4n) is 2.52. The molecule has 2 aromatic rings. The Kier molecular flexibility index (Phi) is 4.28. The minimum Gasteiger partial charge on any atom is -0.391 e. The first-order chi connectivity index (χ1) is 10.1. The predicted octanol–water partition coefficient (Wildman–Crippen LogP) is 1.71. The van der Waals surface area contributed by atoms with E-state index in [1.165, 1.54) is 11.3 Å². The maximum atomic E-state index is 12.6. The predicted molar refractivity (Wildman–Crippen MR) is 81.9 cm³/mol. The van der Waals surface area contributed by atoms with Crippen LogP contribution in [0.3, 0.4) is 0 Å². The zero-order valence-electron chi connectivity index (χ0n) is 11.4. The van der Waals surface area contributed by atoms with Crippen molar-refractivity contribution in [2.24, 2.45) is 5.92 Å². The molecule has 0 saturated carbocycles. The number of hydrogen-bond acceptors (Lipinski definition) is 5. The monoisotopic (exact) mass is 327 g/mol. The van der Waals surface area contributed by atoms with Gasteiger partial charge in [-0.2, -0.15) is 0 Å². The summed E-state index contributed by atoms with van der Waals surface area (Å²) >= 11 is 1.32. The number of aliphatic hydroxyl groups is 1. The van der Waals surface area contributed by atoms with Gasteiger partial charge in [0.2, 0.25) is 10.0 Å². The Balaban J connectivity index is 1.93. The normalized spacial score (nSPS) is 19.4. The zero-order valence-corrected chi connectivity index (χ0v) is 13.0. The van der Waals surface area contributed by atoms with Gasteiger partial charge in [-0.25, -0.2) is 13.1 Å². The van der Waals surface area contributed by atoms with Crippen molar-refractivity contribution in [3.05, 3.63) is 29.1 Å². The summed E-state index contributed by atoms with van der Waals surface area (Å²) in [6.07, 6.45) is 0.875. The number of fused-ring (bicyclic) bond motifs is 1. The number of benzene rings is 1. The summed E-state index contributed by atoms with van der Waals surface area (Å²) in [5, 5.41) is 10.1. The van der Waals surface area contributed by atoms with Gasteiger partial charge in [0, 0.05) is 23.2 Å². The summed E-state index contributed by atoms with van der Waals surface area (Å²) < 4.78 is 34.0. The van der Waals surface area contributed by atoms with Gasteiger partial charge in [-0.15, -0.1) is 11.3 Å². The third kappa shape index (κ3) is 2.97. The second kappa shape index (κ2) is 6.02. The molecule has 7 heteroatoms. The SMILES string of the molecule is O=S(=O)(NCC1CCOC1)c1c(CO)sc2ccccc12. The van der Waals surface area contributed by atoms with Crippen LogP contribution in [0.15, 0.2) is 29.2 Å². The molecule has 2 N–H and O–H groups in total. The van der Waals surface area contributed by atoms with Gasteiger partial charge in [-0.1, -0.05) is 18.2 Å². The number of ether oxygens (including phenoxy) is 1. The Labute approximate surface area is 127 Å². The van der Waals surface area contributed by atoms with Crippen molar-refractivity contribution in [3.63, 3.8) is 0 Å². The molecular weight excluding hydrogens is 310 g/mol. The van der Waals surface area contributed by atoms with Crippen molar-refractivity contribution in [2.45, 2.75) is 17.9 Å². The summed E-state index contributed by atoms with van der Waals surface area (Å²) in [6.45, 7) is 1.38. The van der Waals surface area contributed by atoms with E-state index < -0.39 is 10.0 Å². The van der Waals surface area contributed by atoms with Crippen molar-refractivity contribution in [1.82, 2.24) is 4.72 Å². The molecule has 21 heavy (non-hydrogen) atoms. The average molecular weight is 327 g/mol.